The zero-order valence-electron chi connectivity index (χ0n) is 22.4. The summed E-state index contributed by atoms with van der Waals surface area (Å²) in [5, 5.41) is 53.3. The Balaban J connectivity index is 1.39. The molecule has 218 valence electrons. The van der Waals surface area contributed by atoms with Crippen LogP contribution >= 0.6 is 0 Å². The van der Waals surface area contributed by atoms with Gasteiger partial charge in [0.05, 0.1) is 22.7 Å². The molecule has 3 aromatic carbocycles. The van der Waals surface area contributed by atoms with E-state index in [9.17, 15) is 44.7 Å². The highest BCUT2D eigenvalue weighted by atomic mass is 16.5. The number of nitrogens with zero attached hydrogens (tertiary/aromatic N) is 1. The summed E-state index contributed by atoms with van der Waals surface area (Å²) < 4.78 is 5.79. The van der Waals surface area contributed by atoms with E-state index >= 15 is 0 Å². The standard InChI is InChI=1S/C30H28N2O10/c1-32-16-7-10-19(32)26(31-28(38)14-5-8-17(33)9-6-14)23(13-16)42-30(41)15-11-21(35)25(22(36)12-15)27(37)24-18(29(39)40)3-2-4-20(24)34/h2-6,8-9,11-12,16,19,23,26,33-36H,7,10,13H2,1H3,(H,31,38)(H,39,40)/t16-,19+,23+,26+/m1/s1. The van der Waals surface area contributed by atoms with Crippen LogP contribution in [0, 0.1) is 0 Å². The lowest BCUT2D eigenvalue weighted by molar-refractivity contribution is -0.0182. The summed E-state index contributed by atoms with van der Waals surface area (Å²) in [6.07, 6.45) is 1.26. The van der Waals surface area contributed by atoms with Gasteiger partial charge in [-0.2, -0.15) is 0 Å². The molecule has 2 fully saturated rings. The van der Waals surface area contributed by atoms with Crippen molar-refractivity contribution in [2.24, 2.45) is 0 Å². The van der Waals surface area contributed by atoms with Crippen molar-refractivity contribution in [2.75, 3.05) is 7.05 Å². The summed E-state index contributed by atoms with van der Waals surface area (Å²) in [4.78, 5) is 53.0. The lowest BCUT2D eigenvalue weighted by atomic mass is 9.93. The molecule has 12 heteroatoms. The number of ether oxygens (including phenoxy) is 1. The number of carboxylic acid groups (broad SMARTS) is 1. The second-order valence-corrected chi connectivity index (χ2v) is 10.4. The molecule has 42 heavy (non-hydrogen) atoms. The van der Waals surface area contributed by atoms with Crippen molar-refractivity contribution in [3.05, 3.63) is 82.4 Å². The van der Waals surface area contributed by atoms with E-state index in [0.29, 0.717) is 12.0 Å². The van der Waals surface area contributed by atoms with Crippen LogP contribution in [0.15, 0.2) is 54.6 Å². The molecule has 0 aliphatic carbocycles. The van der Waals surface area contributed by atoms with E-state index in [0.717, 1.165) is 37.1 Å². The van der Waals surface area contributed by atoms with Crippen molar-refractivity contribution >= 4 is 23.6 Å². The van der Waals surface area contributed by atoms with Gasteiger partial charge in [-0.3, -0.25) is 14.5 Å². The number of nitrogens with one attached hydrogen (secondary N) is 1. The fourth-order valence-electron chi connectivity index (χ4n) is 5.83. The van der Waals surface area contributed by atoms with Gasteiger partial charge in [-0.15, -0.1) is 0 Å². The predicted molar refractivity (Wildman–Crippen MR) is 146 cm³/mol. The number of aromatic carboxylic acids is 1. The Morgan fingerprint density at radius 3 is 2.17 bits per heavy atom. The highest BCUT2D eigenvalue weighted by Gasteiger charge is 2.48. The predicted octanol–water partition coefficient (Wildman–Crippen LogP) is 2.63. The first-order valence-corrected chi connectivity index (χ1v) is 13.1. The third-order valence-corrected chi connectivity index (χ3v) is 7.96. The van der Waals surface area contributed by atoms with E-state index in [1.807, 2.05) is 7.05 Å². The Hall–Kier alpha value is -5.10. The quantitative estimate of drug-likeness (QED) is 0.179. The second-order valence-electron chi connectivity index (χ2n) is 10.4. The van der Waals surface area contributed by atoms with E-state index in [4.69, 9.17) is 4.74 Å². The largest absolute Gasteiger partial charge is 0.508 e. The molecular weight excluding hydrogens is 548 g/mol. The molecule has 0 aromatic heterocycles. The van der Waals surface area contributed by atoms with Crippen molar-refractivity contribution < 1.29 is 49.4 Å². The number of benzene rings is 3. The molecular formula is C30H28N2O10. The van der Waals surface area contributed by atoms with Gasteiger partial charge in [-0.25, -0.2) is 9.59 Å². The van der Waals surface area contributed by atoms with Crippen LogP contribution in [-0.2, 0) is 4.74 Å². The maximum atomic E-state index is 13.2. The number of phenols is 4. The Bertz CT molecular complexity index is 1560. The van der Waals surface area contributed by atoms with Gasteiger partial charge in [0.2, 0.25) is 5.78 Å². The van der Waals surface area contributed by atoms with Crippen LogP contribution in [0.3, 0.4) is 0 Å². The molecule has 2 saturated heterocycles. The number of aromatic hydroxyl groups is 4. The molecule has 2 bridgehead atoms. The zero-order valence-corrected chi connectivity index (χ0v) is 22.4. The number of likely N-dealkylation sites (N-methyl/N-ethyl adjacent to an activating group) is 1. The van der Waals surface area contributed by atoms with Crippen molar-refractivity contribution in [3.63, 3.8) is 0 Å². The van der Waals surface area contributed by atoms with Gasteiger partial charge < -0.3 is 35.6 Å². The minimum absolute atomic E-state index is 0.0107. The number of carboxylic acids is 1. The van der Waals surface area contributed by atoms with Crippen molar-refractivity contribution in [1.82, 2.24) is 10.2 Å². The van der Waals surface area contributed by atoms with Gasteiger partial charge in [0.1, 0.15) is 34.7 Å². The zero-order chi connectivity index (χ0) is 30.3. The number of esters is 1. The minimum Gasteiger partial charge on any atom is -0.508 e. The summed E-state index contributed by atoms with van der Waals surface area (Å²) in [7, 11) is 1.94. The monoisotopic (exact) mass is 576 g/mol. The van der Waals surface area contributed by atoms with Gasteiger partial charge in [0.15, 0.2) is 0 Å². The highest BCUT2D eigenvalue weighted by molar-refractivity contribution is 6.18. The molecule has 1 amide bonds. The molecule has 12 nitrogen and oxygen atoms in total. The van der Waals surface area contributed by atoms with E-state index < -0.39 is 69.7 Å². The Morgan fingerprint density at radius 2 is 1.52 bits per heavy atom. The van der Waals surface area contributed by atoms with Crippen molar-refractivity contribution in [3.8, 4) is 23.0 Å². The van der Waals surface area contributed by atoms with Crippen LogP contribution < -0.4 is 5.32 Å². The van der Waals surface area contributed by atoms with Gasteiger partial charge in [-0.05, 0) is 68.4 Å². The third kappa shape index (κ3) is 5.19. The van der Waals surface area contributed by atoms with Crippen LogP contribution in [0.25, 0.3) is 0 Å². The molecule has 0 radical (unpaired) electrons. The Labute approximate surface area is 239 Å². The number of rotatable bonds is 7. The topological polar surface area (TPSA) is 194 Å². The van der Waals surface area contributed by atoms with Crippen LogP contribution in [0.1, 0.15) is 66.3 Å². The normalized spacial score (nSPS) is 21.5. The first kappa shape index (κ1) is 28.4. The van der Waals surface area contributed by atoms with Crippen LogP contribution in [0.5, 0.6) is 23.0 Å². The molecule has 0 unspecified atom stereocenters. The molecule has 5 rings (SSSR count). The average Bonchev–Trinajstić information content (AvgIpc) is 3.19. The van der Waals surface area contributed by atoms with Crippen molar-refractivity contribution in [2.45, 2.75) is 43.5 Å². The number of carbonyl (C=O) groups excluding carboxylic acids is 3. The maximum absolute atomic E-state index is 13.2. The third-order valence-electron chi connectivity index (χ3n) is 7.96. The molecule has 0 spiro atoms. The highest BCUT2D eigenvalue weighted by Crippen LogP contribution is 2.38. The molecule has 2 heterocycles. The summed E-state index contributed by atoms with van der Waals surface area (Å²) in [6.45, 7) is 0. The smallest absolute Gasteiger partial charge is 0.338 e. The SMILES string of the molecule is CN1[C@@H]2CC[C@H]1[C@H](NC(=O)c1ccc(O)cc1)[C@@H](OC(=O)c1cc(O)c(C(=O)c3c(O)cccc3C(=O)O)c(O)c1)C2. The summed E-state index contributed by atoms with van der Waals surface area (Å²) in [5.74, 6) is -6.32. The first-order valence-electron chi connectivity index (χ1n) is 13.1. The summed E-state index contributed by atoms with van der Waals surface area (Å²) >= 11 is 0. The van der Waals surface area contributed by atoms with Gasteiger partial charge in [0.25, 0.3) is 5.91 Å². The Morgan fingerprint density at radius 1 is 0.857 bits per heavy atom. The van der Waals surface area contributed by atoms with E-state index in [2.05, 4.69) is 10.2 Å². The van der Waals surface area contributed by atoms with E-state index in [-0.39, 0.29) is 23.4 Å². The number of carbonyl (C=O) groups is 4. The average molecular weight is 577 g/mol. The van der Waals surface area contributed by atoms with Crippen LogP contribution in [-0.4, -0.2) is 85.3 Å². The number of fused-ring (bicyclic) bond motifs is 2. The van der Waals surface area contributed by atoms with Crippen molar-refractivity contribution in [1.29, 1.82) is 0 Å². The minimum atomic E-state index is -1.51. The molecule has 6 N–H and O–H groups in total. The van der Waals surface area contributed by atoms with Gasteiger partial charge in [-0.1, -0.05) is 6.07 Å². The molecule has 3 aromatic rings. The Kier molecular flexibility index (Phi) is 7.48. The molecule has 4 atom stereocenters. The first-order chi connectivity index (χ1) is 20.0. The fourth-order valence-corrected chi connectivity index (χ4v) is 5.83. The van der Waals surface area contributed by atoms with Gasteiger partial charge >= 0.3 is 11.9 Å². The number of piperidine rings is 1. The van der Waals surface area contributed by atoms with Crippen LogP contribution in [0.2, 0.25) is 0 Å². The van der Waals surface area contributed by atoms with Gasteiger partial charge in [0, 0.05) is 24.1 Å². The number of phenolic OH excluding ortho intramolecular Hbond substituents is 4. The molecule has 2 aliphatic heterocycles. The summed E-state index contributed by atoms with van der Waals surface area (Å²) in [6, 6.07) is 10.3. The van der Waals surface area contributed by atoms with Crippen LogP contribution in [0.4, 0.5) is 0 Å². The lowest BCUT2D eigenvalue weighted by Gasteiger charge is -2.42. The fraction of sp³-hybridized carbons (Fsp3) is 0.267. The lowest BCUT2D eigenvalue weighted by Crippen LogP contribution is -2.60. The molecule has 2 aliphatic rings. The second kappa shape index (κ2) is 11.1. The van der Waals surface area contributed by atoms with E-state index in [1.54, 1.807) is 0 Å². The number of ketones is 1. The summed E-state index contributed by atoms with van der Waals surface area (Å²) in [5.41, 5.74) is -1.86. The number of hydrogen-bond donors (Lipinski definition) is 6. The van der Waals surface area contributed by atoms with E-state index in [1.165, 1.54) is 30.3 Å². The number of hydrogen-bond acceptors (Lipinski definition) is 10. The molecule has 0 saturated carbocycles. The number of amides is 1. The maximum Gasteiger partial charge on any atom is 0.338 e.